The van der Waals surface area contributed by atoms with Crippen LogP contribution in [0.25, 0.3) is 0 Å². The number of para-hydroxylation sites is 1. The number of methoxy groups -OCH3 is 1. The molecule has 4 heteroatoms. The van der Waals surface area contributed by atoms with E-state index in [-0.39, 0.29) is 21.2 Å². The van der Waals surface area contributed by atoms with Gasteiger partial charge in [0, 0.05) is 17.7 Å². The second-order valence-corrected chi connectivity index (χ2v) is 5.94. The van der Waals surface area contributed by atoms with Crippen molar-refractivity contribution in [1.29, 1.82) is 0 Å². The van der Waals surface area contributed by atoms with E-state index in [0.717, 1.165) is 22.2 Å². The third kappa shape index (κ3) is 3.56. The summed E-state index contributed by atoms with van der Waals surface area (Å²) in [5.41, 5.74) is 1.95. The zero-order chi connectivity index (χ0) is 14.5. The fourth-order valence-corrected chi connectivity index (χ4v) is 3.14. The summed E-state index contributed by atoms with van der Waals surface area (Å²) in [6.07, 6.45) is 0. The quantitative estimate of drug-likeness (QED) is 0.623. The molecule has 2 aromatic carbocycles. The molecule has 106 valence electrons. The minimum Gasteiger partial charge on any atom is -0.467 e. The van der Waals surface area contributed by atoms with Crippen molar-refractivity contribution < 1.29 is 13.9 Å². The lowest BCUT2D eigenvalue weighted by atomic mass is 10.2. The smallest absolute Gasteiger partial charge is 0.188 e. The minimum atomic E-state index is -0.164. The average molecular weight is 292 g/mol. The number of aryl methyl sites for hydroxylation is 2. The van der Waals surface area contributed by atoms with Crippen molar-refractivity contribution in [2.45, 2.75) is 13.8 Å². The second kappa shape index (κ2) is 6.83. The Labute approximate surface area is 120 Å². The van der Waals surface area contributed by atoms with E-state index >= 15 is 0 Å². The van der Waals surface area contributed by atoms with Gasteiger partial charge in [-0.15, -0.1) is 0 Å². The van der Waals surface area contributed by atoms with Crippen LogP contribution < -0.4 is 15.3 Å². The molecule has 0 aromatic heterocycles. The minimum absolute atomic E-state index is 0.164. The molecule has 0 spiro atoms. The lowest BCUT2D eigenvalue weighted by molar-refractivity contribution is 0.0514. The van der Waals surface area contributed by atoms with Crippen LogP contribution in [0.2, 0.25) is 0 Å². The van der Waals surface area contributed by atoms with Crippen molar-refractivity contribution in [2.75, 3.05) is 13.9 Å². The van der Waals surface area contributed by atoms with Crippen molar-refractivity contribution in [2.24, 2.45) is 0 Å². The molecular weight excluding hydrogens is 274 g/mol. The zero-order valence-corrected chi connectivity index (χ0v) is 12.9. The first-order valence-electron chi connectivity index (χ1n) is 6.36. The number of rotatable bonds is 5. The van der Waals surface area contributed by atoms with E-state index < -0.39 is 0 Å². The summed E-state index contributed by atoms with van der Waals surface area (Å²) in [6, 6.07) is 11.2. The van der Waals surface area contributed by atoms with Gasteiger partial charge in [-0.3, -0.25) is 0 Å². The Morgan fingerprint density at radius 2 is 1.90 bits per heavy atom. The Hall–Kier alpha value is -1.44. The molecule has 0 bridgehead atoms. The summed E-state index contributed by atoms with van der Waals surface area (Å²) < 4.78 is 24.5. The van der Waals surface area contributed by atoms with Crippen LogP contribution in [-0.2, 0) is 4.74 Å². The Balaban J connectivity index is 2.30. The first kappa shape index (κ1) is 15.0. The van der Waals surface area contributed by atoms with Gasteiger partial charge in [0.05, 0.1) is 0 Å². The predicted octanol–water partition coefficient (Wildman–Crippen LogP) is 3.05. The Morgan fingerprint density at radius 1 is 1.10 bits per heavy atom. The van der Waals surface area contributed by atoms with E-state index in [1.807, 2.05) is 44.2 Å². The molecule has 2 nitrogen and oxygen atoms in total. The van der Waals surface area contributed by atoms with Crippen molar-refractivity contribution in [3.05, 3.63) is 53.3 Å². The van der Waals surface area contributed by atoms with Crippen molar-refractivity contribution in [3.63, 3.8) is 0 Å². The first-order valence-corrected chi connectivity index (χ1v) is 7.36. The molecular formula is C16H18FO2P. The van der Waals surface area contributed by atoms with Gasteiger partial charge in [0.1, 0.15) is 11.6 Å². The fourth-order valence-electron chi connectivity index (χ4n) is 1.93. The molecule has 1 unspecified atom stereocenters. The lowest BCUT2D eigenvalue weighted by Gasteiger charge is -2.14. The lowest BCUT2D eigenvalue weighted by Crippen LogP contribution is -2.13. The van der Waals surface area contributed by atoms with Gasteiger partial charge in [-0.05, 0) is 31.0 Å². The van der Waals surface area contributed by atoms with Crippen molar-refractivity contribution in [1.82, 2.24) is 0 Å². The maximum absolute atomic E-state index is 14.0. The Kier molecular flexibility index (Phi) is 5.11. The van der Waals surface area contributed by atoms with Crippen LogP contribution in [0.3, 0.4) is 0 Å². The molecule has 0 heterocycles. The Morgan fingerprint density at radius 3 is 2.60 bits per heavy atom. The third-order valence-corrected chi connectivity index (χ3v) is 4.26. The van der Waals surface area contributed by atoms with E-state index in [1.54, 1.807) is 13.2 Å². The number of hydrogen-bond donors (Lipinski definition) is 0. The van der Waals surface area contributed by atoms with Crippen LogP contribution >= 0.6 is 8.58 Å². The van der Waals surface area contributed by atoms with Crippen LogP contribution in [-0.4, -0.2) is 13.9 Å². The molecule has 1 atom stereocenters. The van der Waals surface area contributed by atoms with Crippen LogP contribution in [0.5, 0.6) is 5.75 Å². The SMILES string of the molecule is COCOc1c(C)cccc1Pc1ccc(C)cc1F. The fraction of sp³-hybridized carbons (Fsp3) is 0.250. The van der Waals surface area contributed by atoms with E-state index in [9.17, 15) is 4.39 Å². The highest BCUT2D eigenvalue weighted by Gasteiger charge is 2.10. The van der Waals surface area contributed by atoms with E-state index in [4.69, 9.17) is 9.47 Å². The zero-order valence-electron chi connectivity index (χ0n) is 11.9. The standard InChI is InChI=1S/C16H18FO2P/c1-11-7-8-14(13(17)9-11)20-15-6-4-5-12(2)16(15)19-10-18-3/h4-9,20H,10H2,1-3H3. The predicted molar refractivity (Wildman–Crippen MR) is 82.4 cm³/mol. The van der Waals surface area contributed by atoms with Gasteiger partial charge in [0.25, 0.3) is 0 Å². The molecule has 0 amide bonds. The number of halogens is 1. The highest BCUT2D eigenvalue weighted by molar-refractivity contribution is 7.55. The van der Waals surface area contributed by atoms with Gasteiger partial charge in [0.2, 0.25) is 0 Å². The Bertz CT molecular complexity index is 599. The number of ether oxygens (including phenoxy) is 2. The summed E-state index contributed by atoms with van der Waals surface area (Å²) >= 11 is 0. The number of benzene rings is 2. The van der Waals surface area contributed by atoms with Crippen LogP contribution in [0.1, 0.15) is 11.1 Å². The molecule has 0 radical (unpaired) electrons. The average Bonchev–Trinajstić information content (AvgIpc) is 2.41. The maximum atomic E-state index is 14.0. The van der Waals surface area contributed by atoms with E-state index in [1.165, 1.54) is 0 Å². The first-order chi connectivity index (χ1) is 9.61. The van der Waals surface area contributed by atoms with Crippen molar-refractivity contribution >= 4 is 19.2 Å². The topological polar surface area (TPSA) is 18.5 Å². The summed E-state index contributed by atoms with van der Waals surface area (Å²) in [6.45, 7) is 4.05. The van der Waals surface area contributed by atoms with Crippen LogP contribution in [0, 0.1) is 19.7 Å². The van der Waals surface area contributed by atoms with Gasteiger partial charge in [0.15, 0.2) is 6.79 Å². The highest BCUT2D eigenvalue weighted by Crippen LogP contribution is 2.24. The van der Waals surface area contributed by atoms with Crippen LogP contribution in [0.15, 0.2) is 36.4 Å². The summed E-state index contributed by atoms with van der Waals surface area (Å²) in [4.78, 5) is 0. The monoisotopic (exact) mass is 292 g/mol. The molecule has 0 saturated carbocycles. The molecule has 2 aromatic rings. The molecule has 2 rings (SSSR count). The normalized spacial score (nSPS) is 11.2. The van der Waals surface area contributed by atoms with E-state index in [0.29, 0.717) is 5.30 Å². The van der Waals surface area contributed by atoms with E-state index in [2.05, 4.69) is 0 Å². The molecule has 0 aliphatic heterocycles. The van der Waals surface area contributed by atoms with Gasteiger partial charge >= 0.3 is 0 Å². The highest BCUT2D eigenvalue weighted by atomic mass is 31.1. The third-order valence-electron chi connectivity index (χ3n) is 2.93. The summed E-state index contributed by atoms with van der Waals surface area (Å²) in [5, 5.41) is 1.69. The molecule has 0 aliphatic carbocycles. The molecule has 20 heavy (non-hydrogen) atoms. The largest absolute Gasteiger partial charge is 0.467 e. The van der Waals surface area contributed by atoms with Gasteiger partial charge in [-0.2, -0.15) is 0 Å². The second-order valence-electron chi connectivity index (χ2n) is 4.61. The number of hydrogen-bond acceptors (Lipinski definition) is 2. The summed E-state index contributed by atoms with van der Waals surface area (Å²) in [5.74, 6) is 0.621. The maximum Gasteiger partial charge on any atom is 0.188 e. The molecule has 0 N–H and O–H groups in total. The molecule has 0 saturated heterocycles. The van der Waals surface area contributed by atoms with Crippen LogP contribution in [0.4, 0.5) is 4.39 Å². The van der Waals surface area contributed by atoms with Gasteiger partial charge in [-0.25, -0.2) is 4.39 Å². The molecule has 0 fully saturated rings. The summed E-state index contributed by atoms with van der Waals surface area (Å²) in [7, 11) is 1.81. The molecule has 0 aliphatic rings. The van der Waals surface area contributed by atoms with Gasteiger partial charge < -0.3 is 9.47 Å². The van der Waals surface area contributed by atoms with Gasteiger partial charge in [-0.1, -0.05) is 38.9 Å². The van der Waals surface area contributed by atoms with Crippen molar-refractivity contribution in [3.8, 4) is 5.75 Å².